The molecule has 0 aromatic heterocycles. The molecule has 0 aliphatic carbocycles. The van der Waals surface area contributed by atoms with Crippen LogP contribution in [0.3, 0.4) is 0 Å². The average Bonchev–Trinajstić information content (AvgIpc) is 3.01. The van der Waals surface area contributed by atoms with Crippen LogP contribution in [0.4, 0.5) is 0 Å². The first-order valence-electron chi connectivity index (χ1n) is 10.4. The highest BCUT2D eigenvalue weighted by Crippen LogP contribution is 2.23. The van der Waals surface area contributed by atoms with E-state index >= 15 is 0 Å². The molecule has 0 radical (unpaired) electrons. The average molecular weight is 421 g/mol. The van der Waals surface area contributed by atoms with Crippen molar-refractivity contribution in [3.8, 4) is 0 Å². The van der Waals surface area contributed by atoms with E-state index in [1.54, 1.807) is 12.1 Å². The molecule has 166 valence electrons. The Morgan fingerprint density at radius 1 is 1.07 bits per heavy atom. The van der Waals surface area contributed by atoms with Gasteiger partial charge in [0.05, 0.1) is 25.7 Å². The van der Waals surface area contributed by atoms with Gasteiger partial charge in [0.2, 0.25) is 5.91 Å². The Labute approximate surface area is 176 Å². The van der Waals surface area contributed by atoms with Crippen molar-refractivity contribution < 1.29 is 29.3 Å². The fraction of sp³-hybridized carbons (Fsp3) is 0.619. The number of aliphatic hydroxyl groups excluding tert-OH is 2. The second-order valence-corrected chi connectivity index (χ2v) is 7.78. The number of nitrogens with one attached hydrogen (secondary N) is 2. The van der Waals surface area contributed by atoms with E-state index in [0.29, 0.717) is 25.3 Å². The molecule has 2 heterocycles. The second-order valence-electron chi connectivity index (χ2n) is 7.78. The SMILES string of the molecule is Cc1ccc(C(=O)NC[C@H]2O[C@@H](CC(=O)NCCN3CCOCC3)[C@H](O)[C@@H]2O)cc1. The van der Waals surface area contributed by atoms with Crippen LogP contribution < -0.4 is 10.6 Å². The maximum Gasteiger partial charge on any atom is 0.251 e. The number of morpholine rings is 1. The molecule has 0 spiro atoms. The number of amides is 2. The Morgan fingerprint density at radius 2 is 1.73 bits per heavy atom. The summed E-state index contributed by atoms with van der Waals surface area (Å²) in [5.74, 6) is -0.534. The van der Waals surface area contributed by atoms with E-state index in [1.807, 2.05) is 19.1 Å². The van der Waals surface area contributed by atoms with Crippen molar-refractivity contribution in [1.82, 2.24) is 15.5 Å². The van der Waals surface area contributed by atoms with Gasteiger partial charge >= 0.3 is 0 Å². The minimum Gasteiger partial charge on any atom is -0.388 e. The standard InChI is InChI=1S/C21H31N3O6/c1-14-2-4-15(5-3-14)21(28)23-13-17-20(27)19(26)16(30-17)12-18(25)22-6-7-24-8-10-29-11-9-24/h2-5,16-17,19-20,26-27H,6-13H2,1H3,(H,22,25)(H,23,28)/t16-,17+,19-,20+/m0/s1. The van der Waals surface area contributed by atoms with Crippen molar-refractivity contribution in [2.45, 2.75) is 37.8 Å². The van der Waals surface area contributed by atoms with Gasteiger partial charge in [-0.25, -0.2) is 0 Å². The Hall–Kier alpha value is -2.04. The van der Waals surface area contributed by atoms with Crippen LogP contribution in [-0.4, -0.2) is 97.3 Å². The molecule has 2 saturated heterocycles. The molecule has 2 amide bonds. The maximum absolute atomic E-state index is 12.2. The highest BCUT2D eigenvalue weighted by molar-refractivity contribution is 5.94. The highest BCUT2D eigenvalue weighted by atomic mass is 16.5. The number of benzene rings is 1. The molecule has 0 unspecified atom stereocenters. The van der Waals surface area contributed by atoms with Crippen molar-refractivity contribution in [2.75, 3.05) is 45.9 Å². The first-order valence-corrected chi connectivity index (χ1v) is 10.4. The molecular formula is C21H31N3O6. The van der Waals surface area contributed by atoms with E-state index < -0.39 is 24.4 Å². The molecule has 4 atom stereocenters. The minimum atomic E-state index is -1.18. The van der Waals surface area contributed by atoms with Crippen molar-refractivity contribution in [2.24, 2.45) is 0 Å². The molecule has 9 nitrogen and oxygen atoms in total. The van der Waals surface area contributed by atoms with Crippen LogP contribution in [0.25, 0.3) is 0 Å². The highest BCUT2D eigenvalue weighted by Gasteiger charge is 2.43. The van der Waals surface area contributed by atoms with Crippen LogP contribution in [0, 0.1) is 6.92 Å². The number of nitrogens with zero attached hydrogens (tertiary/aromatic N) is 1. The molecule has 4 N–H and O–H groups in total. The molecule has 30 heavy (non-hydrogen) atoms. The smallest absolute Gasteiger partial charge is 0.251 e. The van der Waals surface area contributed by atoms with E-state index in [2.05, 4.69) is 15.5 Å². The van der Waals surface area contributed by atoms with Crippen LogP contribution >= 0.6 is 0 Å². The van der Waals surface area contributed by atoms with Crippen LogP contribution in [0.2, 0.25) is 0 Å². The zero-order chi connectivity index (χ0) is 21.5. The largest absolute Gasteiger partial charge is 0.388 e. The summed E-state index contributed by atoms with van der Waals surface area (Å²) in [4.78, 5) is 26.6. The van der Waals surface area contributed by atoms with Crippen molar-refractivity contribution in [1.29, 1.82) is 0 Å². The second kappa shape index (κ2) is 10.8. The summed E-state index contributed by atoms with van der Waals surface area (Å²) in [6.45, 7) is 6.32. The Balaban J connectivity index is 1.39. The summed E-state index contributed by atoms with van der Waals surface area (Å²) in [7, 11) is 0. The molecule has 2 aliphatic rings. The minimum absolute atomic E-state index is 0.0418. The number of carbonyl (C=O) groups excluding carboxylic acids is 2. The molecular weight excluding hydrogens is 390 g/mol. The lowest BCUT2D eigenvalue weighted by Crippen LogP contribution is -2.42. The molecule has 9 heteroatoms. The summed E-state index contributed by atoms with van der Waals surface area (Å²) < 4.78 is 10.9. The van der Waals surface area contributed by atoms with E-state index in [-0.39, 0.29) is 24.8 Å². The number of hydrogen-bond donors (Lipinski definition) is 4. The van der Waals surface area contributed by atoms with Gasteiger partial charge in [0.15, 0.2) is 0 Å². The van der Waals surface area contributed by atoms with Crippen molar-refractivity contribution in [3.05, 3.63) is 35.4 Å². The number of aryl methyl sites for hydroxylation is 1. The number of hydrogen-bond acceptors (Lipinski definition) is 7. The summed E-state index contributed by atoms with van der Waals surface area (Å²) in [5, 5.41) is 26.0. The molecule has 1 aromatic carbocycles. The zero-order valence-electron chi connectivity index (χ0n) is 17.3. The van der Waals surface area contributed by atoms with Crippen molar-refractivity contribution in [3.63, 3.8) is 0 Å². The first kappa shape index (κ1) is 22.6. The summed E-state index contributed by atoms with van der Waals surface area (Å²) >= 11 is 0. The van der Waals surface area contributed by atoms with Gasteiger partial charge in [0, 0.05) is 38.3 Å². The molecule has 0 bridgehead atoms. The molecule has 0 saturated carbocycles. The number of aliphatic hydroxyl groups is 2. The molecule has 1 aromatic rings. The monoisotopic (exact) mass is 421 g/mol. The molecule has 2 fully saturated rings. The summed E-state index contributed by atoms with van der Waals surface area (Å²) in [6, 6.07) is 7.12. The van der Waals surface area contributed by atoms with Crippen LogP contribution in [0.5, 0.6) is 0 Å². The Bertz CT molecular complexity index is 707. The van der Waals surface area contributed by atoms with E-state index in [0.717, 1.165) is 25.2 Å². The van der Waals surface area contributed by atoms with Gasteiger partial charge < -0.3 is 30.3 Å². The normalized spacial score (nSPS) is 27.0. The number of ether oxygens (including phenoxy) is 2. The van der Waals surface area contributed by atoms with Gasteiger partial charge in [-0.2, -0.15) is 0 Å². The lowest BCUT2D eigenvalue weighted by molar-refractivity contribution is -0.125. The third kappa shape index (κ3) is 6.23. The molecule has 2 aliphatic heterocycles. The zero-order valence-corrected chi connectivity index (χ0v) is 17.3. The van der Waals surface area contributed by atoms with Gasteiger partial charge in [0.1, 0.15) is 18.3 Å². The van der Waals surface area contributed by atoms with E-state index in [4.69, 9.17) is 9.47 Å². The predicted molar refractivity (Wildman–Crippen MR) is 109 cm³/mol. The summed E-state index contributed by atoms with van der Waals surface area (Å²) in [5.41, 5.74) is 1.56. The van der Waals surface area contributed by atoms with Crippen molar-refractivity contribution >= 4 is 11.8 Å². The quantitative estimate of drug-likeness (QED) is 0.427. The van der Waals surface area contributed by atoms with Gasteiger partial charge in [-0.1, -0.05) is 17.7 Å². The van der Waals surface area contributed by atoms with Crippen LogP contribution in [0.15, 0.2) is 24.3 Å². The third-order valence-corrected chi connectivity index (χ3v) is 5.48. The fourth-order valence-electron chi connectivity index (χ4n) is 3.60. The van der Waals surface area contributed by atoms with Gasteiger partial charge in [-0.15, -0.1) is 0 Å². The lowest BCUT2D eigenvalue weighted by atomic mass is 10.1. The van der Waals surface area contributed by atoms with Gasteiger partial charge in [-0.05, 0) is 19.1 Å². The number of rotatable bonds is 8. The van der Waals surface area contributed by atoms with Crippen LogP contribution in [0.1, 0.15) is 22.3 Å². The number of carbonyl (C=O) groups is 2. The van der Waals surface area contributed by atoms with E-state index in [1.165, 1.54) is 0 Å². The maximum atomic E-state index is 12.2. The lowest BCUT2D eigenvalue weighted by Gasteiger charge is -2.26. The Kier molecular flexibility index (Phi) is 8.17. The fourth-order valence-corrected chi connectivity index (χ4v) is 3.60. The predicted octanol–water partition coefficient (Wildman–Crippen LogP) is -0.947. The van der Waals surface area contributed by atoms with Gasteiger partial charge in [0.25, 0.3) is 5.91 Å². The van der Waals surface area contributed by atoms with Gasteiger partial charge in [-0.3, -0.25) is 14.5 Å². The molecule has 3 rings (SSSR count). The first-order chi connectivity index (χ1) is 14.4. The van der Waals surface area contributed by atoms with E-state index in [9.17, 15) is 19.8 Å². The summed E-state index contributed by atoms with van der Waals surface area (Å²) in [6.07, 6.45) is -4.00. The van der Waals surface area contributed by atoms with Crippen LogP contribution in [-0.2, 0) is 14.3 Å². The third-order valence-electron chi connectivity index (χ3n) is 5.48. The topological polar surface area (TPSA) is 120 Å². The Morgan fingerprint density at radius 3 is 2.43 bits per heavy atom.